The van der Waals surface area contributed by atoms with Gasteiger partial charge < -0.3 is 25.6 Å². The average Bonchev–Trinajstić information content (AvgIpc) is 2.89. The molecule has 27 heavy (non-hydrogen) atoms. The molecule has 0 spiro atoms. The van der Waals surface area contributed by atoms with Crippen LogP contribution >= 0.6 is 0 Å². The molecule has 1 aromatic heterocycles. The number of anilines is 1. The van der Waals surface area contributed by atoms with E-state index in [2.05, 4.69) is 10.3 Å². The van der Waals surface area contributed by atoms with Gasteiger partial charge in [0.25, 0.3) is 0 Å². The van der Waals surface area contributed by atoms with Crippen molar-refractivity contribution in [3.63, 3.8) is 0 Å². The first-order chi connectivity index (χ1) is 12.6. The number of aromatic nitrogens is 2. The molecule has 1 saturated heterocycles. The SMILES string of the molecule is CC1(CO)OC(n2ccc(NCCCNC(=O)C(F)(F)F)nc2=O)CC1O. The Morgan fingerprint density at radius 1 is 1.48 bits per heavy atom. The third-order valence-corrected chi connectivity index (χ3v) is 4.19. The summed E-state index contributed by atoms with van der Waals surface area (Å²) in [6.45, 7) is 1.13. The summed E-state index contributed by atoms with van der Waals surface area (Å²) in [4.78, 5) is 26.6. The van der Waals surface area contributed by atoms with Gasteiger partial charge in [0.1, 0.15) is 17.6 Å². The highest BCUT2D eigenvalue weighted by atomic mass is 19.4. The van der Waals surface area contributed by atoms with Gasteiger partial charge in [-0.05, 0) is 19.4 Å². The van der Waals surface area contributed by atoms with Crippen LogP contribution in [0.5, 0.6) is 0 Å². The Kier molecular flexibility index (Phi) is 6.44. The quantitative estimate of drug-likeness (QED) is 0.470. The minimum atomic E-state index is -4.92. The first-order valence-electron chi connectivity index (χ1n) is 8.21. The molecule has 3 unspecified atom stereocenters. The number of aliphatic hydroxyl groups excluding tert-OH is 2. The lowest BCUT2D eigenvalue weighted by atomic mass is 10.0. The Morgan fingerprint density at radius 3 is 2.74 bits per heavy atom. The van der Waals surface area contributed by atoms with Crippen LogP contribution in [-0.2, 0) is 9.53 Å². The molecule has 4 N–H and O–H groups in total. The lowest BCUT2D eigenvalue weighted by molar-refractivity contribution is -0.173. The number of hydrogen-bond donors (Lipinski definition) is 4. The van der Waals surface area contributed by atoms with Crippen LogP contribution in [0.3, 0.4) is 0 Å². The highest BCUT2D eigenvalue weighted by molar-refractivity contribution is 5.81. The molecule has 1 aliphatic rings. The van der Waals surface area contributed by atoms with Crippen molar-refractivity contribution in [2.75, 3.05) is 25.0 Å². The highest BCUT2D eigenvalue weighted by Gasteiger charge is 2.45. The Bertz CT molecular complexity index is 726. The lowest BCUT2D eigenvalue weighted by Gasteiger charge is -2.25. The number of nitrogens with one attached hydrogen (secondary N) is 2. The van der Waals surface area contributed by atoms with E-state index in [1.54, 1.807) is 5.32 Å². The topological polar surface area (TPSA) is 126 Å². The van der Waals surface area contributed by atoms with E-state index in [0.717, 1.165) is 0 Å². The molecule has 1 amide bonds. The van der Waals surface area contributed by atoms with Crippen LogP contribution < -0.4 is 16.3 Å². The van der Waals surface area contributed by atoms with Crippen molar-refractivity contribution in [2.24, 2.45) is 0 Å². The summed E-state index contributed by atoms with van der Waals surface area (Å²) >= 11 is 0. The Hall–Kier alpha value is -2.18. The zero-order valence-corrected chi connectivity index (χ0v) is 14.5. The minimum absolute atomic E-state index is 0.115. The fourth-order valence-electron chi connectivity index (χ4n) is 2.53. The molecule has 0 radical (unpaired) electrons. The summed E-state index contributed by atoms with van der Waals surface area (Å²) in [7, 11) is 0. The maximum absolute atomic E-state index is 12.1. The van der Waals surface area contributed by atoms with Gasteiger partial charge in [-0.3, -0.25) is 9.36 Å². The number of amides is 1. The Balaban J connectivity index is 1.85. The van der Waals surface area contributed by atoms with Crippen molar-refractivity contribution in [1.29, 1.82) is 0 Å². The van der Waals surface area contributed by atoms with E-state index in [0.29, 0.717) is 0 Å². The molecule has 152 valence electrons. The fourth-order valence-corrected chi connectivity index (χ4v) is 2.53. The van der Waals surface area contributed by atoms with Gasteiger partial charge in [-0.15, -0.1) is 0 Å². The summed E-state index contributed by atoms with van der Waals surface area (Å²) in [5.74, 6) is -1.79. The number of nitrogens with zero attached hydrogens (tertiary/aromatic N) is 2. The largest absolute Gasteiger partial charge is 0.471 e. The van der Waals surface area contributed by atoms with Crippen molar-refractivity contribution in [3.8, 4) is 0 Å². The zero-order chi connectivity index (χ0) is 20.2. The van der Waals surface area contributed by atoms with Crippen LogP contribution in [0.2, 0.25) is 0 Å². The van der Waals surface area contributed by atoms with E-state index < -0.39 is 42.3 Å². The van der Waals surface area contributed by atoms with E-state index in [9.17, 15) is 33.0 Å². The molecule has 0 aromatic carbocycles. The van der Waals surface area contributed by atoms with Crippen molar-refractivity contribution < 1.29 is 32.9 Å². The molecule has 0 saturated carbocycles. The van der Waals surface area contributed by atoms with Crippen LogP contribution in [0.15, 0.2) is 17.1 Å². The third kappa shape index (κ3) is 5.17. The number of rotatable bonds is 7. The number of hydrogen-bond acceptors (Lipinski definition) is 7. The molecule has 3 atom stereocenters. The summed E-state index contributed by atoms with van der Waals surface area (Å²) in [6, 6.07) is 1.47. The molecule has 1 aliphatic heterocycles. The number of ether oxygens (including phenoxy) is 1. The van der Waals surface area contributed by atoms with Crippen LogP contribution in [0.4, 0.5) is 19.0 Å². The summed E-state index contributed by atoms with van der Waals surface area (Å²) in [5, 5.41) is 23.8. The van der Waals surface area contributed by atoms with Gasteiger partial charge in [0.15, 0.2) is 0 Å². The molecule has 12 heteroatoms. The summed E-state index contributed by atoms with van der Waals surface area (Å²) in [5.41, 5.74) is -1.81. The van der Waals surface area contributed by atoms with Gasteiger partial charge >= 0.3 is 17.8 Å². The Labute approximate surface area is 152 Å². The zero-order valence-electron chi connectivity index (χ0n) is 14.5. The van der Waals surface area contributed by atoms with Crippen LogP contribution in [0, 0.1) is 0 Å². The second-order valence-corrected chi connectivity index (χ2v) is 6.33. The first kappa shape index (κ1) is 21.1. The maximum Gasteiger partial charge on any atom is 0.471 e. The van der Waals surface area contributed by atoms with Crippen LogP contribution in [0.1, 0.15) is 26.0 Å². The van der Waals surface area contributed by atoms with E-state index in [-0.39, 0.29) is 31.7 Å². The minimum Gasteiger partial charge on any atom is -0.393 e. The summed E-state index contributed by atoms with van der Waals surface area (Å²) < 4.78 is 42.8. The Morgan fingerprint density at radius 2 is 2.19 bits per heavy atom. The second kappa shape index (κ2) is 8.23. The molecule has 1 aromatic rings. The average molecular weight is 394 g/mol. The predicted octanol–water partition coefficient (Wildman–Crippen LogP) is -0.245. The van der Waals surface area contributed by atoms with Crippen LogP contribution in [0.25, 0.3) is 0 Å². The summed E-state index contributed by atoms with van der Waals surface area (Å²) in [6.07, 6.45) is -4.91. The monoisotopic (exact) mass is 394 g/mol. The number of carbonyl (C=O) groups is 1. The molecular formula is C15H21F3N4O5. The molecule has 2 heterocycles. The van der Waals surface area contributed by atoms with Gasteiger partial charge in [-0.25, -0.2) is 4.79 Å². The third-order valence-electron chi connectivity index (χ3n) is 4.19. The van der Waals surface area contributed by atoms with E-state index in [1.165, 1.54) is 23.8 Å². The van der Waals surface area contributed by atoms with Crippen LogP contribution in [-0.4, -0.2) is 63.2 Å². The highest BCUT2D eigenvalue weighted by Crippen LogP contribution is 2.35. The van der Waals surface area contributed by atoms with Gasteiger partial charge in [-0.2, -0.15) is 18.2 Å². The number of alkyl halides is 3. The second-order valence-electron chi connectivity index (χ2n) is 6.33. The standard InChI is InChI=1S/C15H21F3N4O5/c1-14(8-23)9(24)7-11(27-14)22-6-3-10(21-13(22)26)19-4-2-5-20-12(25)15(16,17)18/h3,6,9,11,23-24H,2,4-5,7-8H2,1H3,(H,20,25)(H,19,21,26). The molecule has 9 nitrogen and oxygen atoms in total. The molecule has 0 bridgehead atoms. The van der Waals surface area contributed by atoms with Crippen molar-refractivity contribution in [3.05, 3.63) is 22.7 Å². The van der Waals surface area contributed by atoms with Gasteiger partial charge in [0.05, 0.1) is 12.7 Å². The number of carbonyl (C=O) groups excluding carboxylic acids is 1. The van der Waals surface area contributed by atoms with Gasteiger partial charge in [-0.1, -0.05) is 0 Å². The molecule has 0 aliphatic carbocycles. The molecule has 2 rings (SSSR count). The fraction of sp³-hybridized carbons (Fsp3) is 0.667. The molecular weight excluding hydrogens is 373 g/mol. The normalized spacial score (nSPS) is 25.4. The first-order valence-corrected chi connectivity index (χ1v) is 8.21. The van der Waals surface area contributed by atoms with Crippen molar-refractivity contribution in [2.45, 2.75) is 43.9 Å². The van der Waals surface area contributed by atoms with Crippen molar-refractivity contribution in [1.82, 2.24) is 14.9 Å². The number of aliphatic hydroxyl groups is 2. The number of halogens is 3. The smallest absolute Gasteiger partial charge is 0.393 e. The van der Waals surface area contributed by atoms with Gasteiger partial charge in [0.2, 0.25) is 0 Å². The van der Waals surface area contributed by atoms with E-state index in [1.807, 2.05) is 0 Å². The van der Waals surface area contributed by atoms with E-state index >= 15 is 0 Å². The predicted molar refractivity (Wildman–Crippen MR) is 86.9 cm³/mol. The van der Waals surface area contributed by atoms with E-state index in [4.69, 9.17) is 4.74 Å². The van der Waals surface area contributed by atoms with Gasteiger partial charge in [0, 0.05) is 25.7 Å². The van der Waals surface area contributed by atoms with Crippen molar-refractivity contribution >= 4 is 11.7 Å². The maximum atomic E-state index is 12.1. The molecule has 1 fully saturated rings. The lowest BCUT2D eigenvalue weighted by Crippen LogP contribution is -2.39.